The molecule has 1 saturated heterocycles. The molecule has 1 aromatic carbocycles. The van der Waals surface area contributed by atoms with Crippen LogP contribution in [0.1, 0.15) is 26.5 Å². The number of nitrogens with one attached hydrogen (secondary N) is 2. The van der Waals surface area contributed by atoms with Crippen LogP contribution in [0.3, 0.4) is 0 Å². The van der Waals surface area contributed by atoms with Gasteiger partial charge in [0.15, 0.2) is 0 Å². The average molecular weight is 415 g/mol. The van der Waals surface area contributed by atoms with Gasteiger partial charge in [-0.2, -0.15) is 0 Å². The summed E-state index contributed by atoms with van der Waals surface area (Å²) in [7, 11) is 0. The zero-order chi connectivity index (χ0) is 19.3. The number of thiazole rings is 1. The number of carbonyl (C=O) groups is 1. The van der Waals surface area contributed by atoms with Crippen LogP contribution < -0.4 is 10.2 Å². The first-order chi connectivity index (χ1) is 13.7. The number of aromatic nitrogens is 1. The standard InChI is InChI=1S/C21H23N3O2S2/c1-15-19(28-21(23-15)18-7-4-12-27-18)20(25)22-13-16-5-2-3-6-17(16)14-24-8-10-26-11-9-24/h2-7,12H,8-11,13-14H2,1H3,(H,22,25)/p+1. The highest BCUT2D eigenvalue weighted by Gasteiger charge is 2.18. The second-order valence-electron chi connectivity index (χ2n) is 6.90. The maximum Gasteiger partial charge on any atom is 0.263 e. The second-order valence-corrected chi connectivity index (χ2v) is 8.85. The highest BCUT2D eigenvalue weighted by molar-refractivity contribution is 7.22. The topological polar surface area (TPSA) is 55.7 Å². The Bertz CT molecular complexity index is 931. The van der Waals surface area contributed by atoms with Crippen molar-refractivity contribution in [2.24, 2.45) is 0 Å². The van der Waals surface area contributed by atoms with Crippen molar-refractivity contribution >= 4 is 28.6 Å². The third-order valence-corrected chi connectivity index (χ3v) is 7.13. The maximum absolute atomic E-state index is 12.8. The van der Waals surface area contributed by atoms with E-state index in [1.54, 1.807) is 11.3 Å². The largest absolute Gasteiger partial charge is 0.370 e. The van der Waals surface area contributed by atoms with Gasteiger partial charge in [-0.1, -0.05) is 30.3 Å². The molecule has 2 aromatic heterocycles. The normalized spacial score (nSPS) is 14.9. The predicted molar refractivity (Wildman–Crippen MR) is 113 cm³/mol. The SMILES string of the molecule is Cc1nc(-c2cccs2)sc1C(=O)NCc1ccccc1C[NH+]1CCOCC1. The van der Waals surface area contributed by atoms with Crippen molar-refractivity contribution in [3.8, 4) is 9.88 Å². The molecule has 2 N–H and O–H groups in total. The van der Waals surface area contributed by atoms with Crippen molar-refractivity contribution in [1.82, 2.24) is 10.3 Å². The minimum absolute atomic E-state index is 0.0497. The Hall–Kier alpha value is -2.06. The number of carbonyl (C=O) groups excluding carboxylic acids is 1. The Morgan fingerprint density at radius 2 is 1.96 bits per heavy atom. The molecule has 0 spiro atoms. The van der Waals surface area contributed by atoms with Crippen LogP contribution in [-0.2, 0) is 17.8 Å². The summed E-state index contributed by atoms with van der Waals surface area (Å²) >= 11 is 3.11. The van der Waals surface area contributed by atoms with Gasteiger partial charge in [0.25, 0.3) is 5.91 Å². The van der Waals surface area contributed by atoms with E-state index in [-0.39, 0.29) is 5.91 Å². The molecule has 0 aliphatic carbocycles. The lowest BCUT2D eigenvalue weighted by atomic mass is 10.1. The molecule has 0 unspecified atom stereocenters. The van der Waals surface area contributed by atoms with E-state index in [0.29, 0.717) is 11.4 Å². The first kappa shape index (κ1) is 19.3. The zero-order valence-electron chi connectivity index (χ0n) is 15.9. The number of benzene rings is 1. The molecular formula is C21H24N3O2S2+. The zero-order valence-corrected chi connectivity index (χ0v) is 17.5. The monoisotopic (exact) mass is 414 g/mol. The predicted octanol–water partition coefficient (Wildman–Crippen LogP) is 2.53. The van der Waals surface area contributed by atoms with Crippen LogP contribution in [0.15, 0.2) is 41.8 Å². The molecule has 3 heterocycles. The van der Waals surface area contributed by atoms with Gasteiger partial charge in [-0.25, -0.2) is 4.98 Å². The Kier molecular flexibility index (Phi) is 6.17. The molecule has 0 radical (unpaired) electrons. The van der Waals surface area contributed by atoms with E-state index in [9.17, 15) is 4.79 Å². The molecule has 4 rings (SSSR count). The Balaban J connectivity index is 1.42. The number of rotatable bonds is 6. The minimum atomic E-state index is -0.0497. The molecule has 7 heteroatoms. The third kappa shape index (κ3) is 4.50. The third-order valence-electron chi connectivity index (χ3n) is 4.93. The molecule has 28 heavy (non-hydrogen) atoms. The quantitative estimate of drug-likeness (QED) is 0.652. The first-order valence-corrected chi connectivity index (χ1v) is 11.2. The molecule has 5 nitrogen and oxygen atoms in total. The van der Waals surface area contributed by atoms with Crippen LogP contribution in [0, 0.1) is 6.92 Å². The van der Waals surface area contributed by atoms with Gasteiger partial charge < -0.3 is 15.0 Å². The minimum Gasteiger partial charge on any atom is -0.370 e. The van der Waals surface area contributed by atoms with Crippen molar-refractivity contribution in [3.63, 3.8) is 0 Å². The van der Waals surface area contributed by atoms with Crippen molar-refractivity contribution in [2.45, 2.75) is 20.0 Å². The van der Waals surface area contributed by atoms with Gasteiger partial charge in [-0.05, 0) is 23.9 Å². The Morgan fingerprint density at radius 1 is 1.18 bits per heavy atom. The van der Waals surface area contributed by atoms with Crippen LogP contribution in [0.5, 0.6) is 0 Å². The lowest BCUT2D eigenvalue weighted by molar-refractivity contribution is -0.921. The average Bonchev–Trinajstić information content (AvgIpc) is 3.37. The van der Waals surface area contributed by atoms with Crippen LogP contribution in [0.2, 0.25) is 0 Å². The summed E-state index contributed by atoms with van der Waals surface area (Å²) < 4.78 is 5.45. The fraction of sp³-hybridized carbons (Fsp3) is 0.333. The van der Waals surface area contributed by atoms with Crippen LogP contribution in [-0.4, -0.2) is 37.2 Å². The van der Waals surface area contributed by atoms with E-state index in [0.717, 1.165) is 48.4 Å². The summed E-state index contributed by atoms with van der Waals surface area (Å²) in [6.07, 6.45) is 0. The highest BCUT2D eigenvalue weighted by Crippen LogP contribution is 2.31. The maximum atomic E-state index is 12.8. The molecule has 3 aromatic rings. The van der Waals surface area contributed by atoms with Crippen molar-refractivity contribution < 1.29 is 14.4 Å². The summed E-state index contributed by atoms with van der Waals surface area (Å²) in [5.74, 6) is -0.0497. The number of thiophene rings is 1. The van der Waals surface area contributed by atoms with E-state index in [4.69, 9.17) is 4.74 Å². The number of nitrogens with zero attached hydrogens (tertiary/aromatic N) is 1. The fourth-order valence-corrected chi connectivity index (χ4v) is 5.16. The summed E-state index contributed by atoms with van der Waals surface area (Å²) in [5, 5.41) is 6.03. The first-order valence-electron chi connectivity index (χ1n) is 9.48. The number of quaternary nitrogens is 1. The Labute approximate surface area is 173 Å². The van der Waals surface area contributed by atoms with Gasteiger partial charge in [0.1, 0.15) is 29.5 Å². The number of hydrogen-bond acceptors (Lipinski definition) is 5. The van der Waals surface area contributed by atoms with Gasteiger partial charge in [0, 0.05) is 12.1 Å². The van der Waals surface area contributed by atoms with Crippen molar-refractivity contribution in [2.75, 3.05) is 26.3 Å². The van der Waals surface area contributed by atoms with Gasteiger partial charge in [0.2, 0.25) is 0 Å². The van der Waals surface area contributed by atoms with Gasteiger partial charge in [-0.15, -0.1) is 22.7 Å². The van der Waals surface area contributed by atoms with E-state index in [1.807, 2.05) is 30.5 Å². The number of ether oxygens (including phenoxy) is 1. The molecule has 1 aliphatic rings. The van der Waals surface area contributed by atoms with Crippen LogP contribution in [0.4, 0.5) is 0 Å². The lowest BCUT2D eigenvalue weighted by Crippen LogP contribution is -3.12. The lowest BCUT2D eigenvalue weighted by Gasteiger charge is -2.24. The number of aryl methyl sites for hydroxylation is 1. The molecule has 1 aliphatic heterocycles. The molecule has 0 atom stereocenters. The van der Waals surface area contributed by atoms with Crippen LogP contribution in [0.25, 0.3) is 9.88 Å². The molecule has 146 valence electrons. The van der Waals surface area contributed by atoms with E-state index in [2.05, 4.69) is 28.5 Å². The smallest absolute Gasteiger partial charge is 0.263 e. The number of hydrogen-bond donors (Lipinski definition) is 2. The fourth-order valence-electron chi connectivity index (χ4n) is 3.38. The van der Waals surface area contributed by atoms with Crippen molar-refractivity contribution in [1.29, 1.82) is 0 Å². The second kappa shape index (κ2) is 8.96. The molecule has 0 saturated carbocycles. The van der Waals surface area contributed by atoms with Gasteiger partial charge in [-0.3, -0.25) is 4.79 Å². The highest BCUT2D eigenvalue weighted by atomic mass is 32.1. The molecular weight excluding hydrogens is 390 g/mol. The number of morpholine rings is 1. The summed E-state index contributed by atoms with van der Waals surface area (Å²) in [6.45, 7) is 7.12. The van der Waals surface area contributed by atoms with E-state index in [1.165, 1.54) is 27.4 Å². The van der Waals surface area contributed by atoms with Gasteiger partial charge in [0.05, 0.1) is 23.8 Å². The van der Waals surface area contributed by atoms with E-state index < -0.39 is 0 Å². The van der Waals surface area contributed by atoms with Crippen molar-refractivity contribution in [3.05, 3.63) is 63.5 Å². The summed E-state index contributed by atoms with van der Waals surface area (Å²) in [4.78, 5) is 20.7. The summed E-state index contributed by atoms with van der Waals surface area (Å²) in [5.41, 5.74) is 3.26. The Morgan fingerprint density at radius 3 is 2.71 bits per heavy atom. The molecule has 1 amide bonds. The number of amides is 1. The molecule has 0 bridgehead atoms. The molecule has 1 fully saturated rings. The van der Waals surface area contributed by atoms with E-state index >= 15 is 0 Å². The summed E-state index contributed by atoms with van der Waals surface area (Å²) in [6, 6.07) is 12.4. The van der Waals surface area contributed by atoms with Gasteiger partial charge >= 0.3 is 0 Å². The van der Waals surface area contributed by atoms with Crippen LogP contribution >= 0.6 is 22.7 Å².